The summed E-state index contributed by atoms with van der Waals surface area (Å²) in [6.45, 7) is 1.97. The Bertz CT molecular complexity index is 508. The van der Waals surface area contributed by atoms with Crippen molar-refractivity contribution >= 4 is 0 Å². The number of aromatic nitrogens is 3. The molecule has 0 aliphatic carbocycles. The third-order valence-electron chi connectivity index (χ3n) is 2.69. The summed E-state index contributed by atoms with van der Waals surface area (Å²) in [7, 11) is 1.60. The largest absolute Gasteiger partial charge is 0.481 e. The monoisotopic (exact) mass is 258 g/mol. The van der Waals surface area contributed by atoms with Crippen molar-refractivity contribution in [1.29, 1.82) is 0 Å². The fourth-order valence-electron chi connectivity index (χ4n) is 1.77. The molecule has 0 saturated carbocycles. The molecule has 0 radical (unpaired) electrons. The fraction of sp³-hybridized carbons (Fsp3) is 0.357. The predicted molar refractivity (Wildman–Crippen MR) is 73.0 cm³/mol. The summed E-state index contributed by atoms with van der Waals surface area (Å²) in [5, 5.41) is 0. The molecule has 2 aromatic heterocycles. The van der Waals surface area contributed by atoms with Crippen molar-refractivity contribution in [3.8, 4) is 5.88 Å². The molecule has 0 saturated heterocycles. The molecule has 5 nitrogen and oxygen atoms in total. The second kappa shape index (κ2) is 6.24. The quantitative estimate of drug-likeness (QED) is 0.876. The SMILES string of the molecule is COc1ccc(Cc2ncc(CC(C)N)cn2)cn1. The maximum Gasteiger partial charge on any atom is 0.212 e. The highest BCUT2D eigenvalue weighted by atomic mass is 16.5. The van der Waals surface area contributed by atoms with Crippen LogP contribution in [0.4, 0.5) is 0 Å². The number of nitrogens with zero attached hydrogens (tertiary/aromatic N) is 3. The molecule has 1 unspecified atom stereocenters. The van der Waals surface area contributed by atoms with Crippen molar-refractivity contribution in [3.63, 3.8) is 0 Å². The van der Waals surface area contributed by atoms with E-state index in [-0.39, 0.29) is 6.04 Å². The van der Waals surface area contributed by atoms with Gasteiger partial charge in [-0.1, -0.05) is 6.07 Å². The van der Waals surface area contributed by atoms with E-state index in [0.29, 0.717) is 12.3 Å². The van der Waals surface area contributed by atoms with Gasteiger partial charge in [-0.3, -0.25) is 0 Å². The molecular formula is C14H18N4O. The molecule has 0 aliphatic rings. The Labute approximate surface area is 112 Å². The summed E-state index contributed by atoms with van der Waals surface area (Å²) in [5.41, 5.74) is 7.86. The molecule has 0 spiro atoms. The van der Waals surface area contributed by atoms with Crippen LogP contribution >= 0.6 is 0 Å². The van der Waals surface area contributed by atoms with E-state index >= 15 is 0 Å². The maximum atomic E-state index is 5.74. The lowest BCUT2D eigenvalue weighted by Crippen LogP contribution is -2.18. The van der Waals surface area contributed by atoms with Crippen LogP contribution in [-0.4, -0.2) is 28.1 Å². The van der Waals surface area contributed by atoms with Gasteiger partial charge in [-0.25, -0.2) is 15.0 Å². The standard InChI is InChI=1S/C14H18N4O/c1-10(15)5-12-8-16-13(17-9-12)6-11-3-4-14(19-2)18-7-11/h3-4,7-10H,5-6,15H2,1-2H3. The summed E-state index contributed by atoms with van der Waals surface area (Å²) in [4.78, 5) is 12.8. The number of methoxy groups -OCH3 is 1. The Hall–Kier alpha value is -2.01. The zero-order chi connectivity index (χ0) is 13.7. The van der Waals surface area contributed by atoms with Crippen LogP contribution in [0.15, 0.2) is 30.7 Å². The van der Waals surface area contributed by atoms with Gasteiger partial charge in [0.15, 0.2) is 0 Å². The van der Waals surface area contributed by atoms with Crippen LogP contribution in [0.2, 0.25) is 0 Å². The van der Waals surface area contributed by atoms with Gasteiger partial charge < -0.3 is 10.5 Å². The number of rotatable bonds is 5. The molecule has 0 fully saturated rings. The van der Waals surface area contributed by atoms with Gasteiger partial charge in [0, 0.05) is 37.1 Å². The van der Waals surface area contributed by atoms with Gasteiger partial charge >= 0.3 is 0 Å². The van der Waals surface area contributed by atoms with Crippen molar-refractivity contribution in [2.45, 2.75) is 25.8 Å². The van der Waals surface area contributed by atoms with Crippen LogP contribution in [0.5, 0.6) is 5.88 Å². The summed E-state index contributed by atoms with van der Waals surface area (Å²) in [5.74, 6) is 1.39. The van der Waals surface area contributed by atoms with E-state index in [4.69, 9.17) is 10.5 Å². The van der Waals surface area contributed by atoms with Crippen molar-refractivity contribution in [3.05, 3.63) is 47.7 Å². The molecule has 0 aliphatic heterocycles. The Balaban J connectivity index is 2.02. The lowest BCUT2D eigenvalue weighted by Gasteiger charge is -2.05. The highest BCUT2D eigenvalue weighted by Crippen LogP contribution is 2.10. The summed E-state index contributed by atoms with van der Waals surface area (Å²) in [6.07, 6.45) is 6.91. The highest BCUT2D eigenvalue weighted by Gasteiger charge is 2.03. The van der Waals surface area contributed by atoms with Crippen LogP contribution < -0.4 is 10.5 Å². The summed E-state index contributed by atoms with van der Waals surface area (Å²) >= 11 is 0. The second-order valence-corrected chi connectivity index (χ2v) is 4.57. The minimum absolute atomic E-state index is 0.125. The Morgan fingerprint density at radius 3 is 2.32 bits per heavy atom. The molecule has 2 aromatic rings. The number of hydrogen-bond donors (Lipinski definition) is 1. The molecule has 1 atom stereocenters. The molecule has 0 aromatic carbocycles. The topological polar surface area (TPSA) is 73.9 Å². The first-order chi connectivity index (χ1) is 9.17. The van der Waals surface area contributed by atoms with E-state index in [2.05, 4.69) is 15.0 Å². The van der Waals surface area contributed by atoms with Crippen molar-refractivity contribution in [2.75, 3.05) is 7.11 Å². The van der Waals surface area contributed by atoms with Crippen LogP contribution in [0.3, 0.4) is 0 Å². The minimum Gasteiger partial charge on any atom is -0.481 e. The van der Waals surface area contributed by atoms with Crippen LogP contribution in [0.1, 0.15) is 23.9 Å². The van der Waals surface area contributed by atoms with E-state index in [1.54, 1.807) is 13.3 Å². The average Bonchev–Trinajstić information content (AvgIpc) is 2.41. The highest BCUT2D eigenvalue weighted by molar-refractivity contribution is 5.21. The Kier molecular flexibility index (Phi) is 4.41. The van der Waals surface area contributed by atoms with Gasteiger partial charge in [-0.05, 0) is 24.5 Å². The van der Waals surface area contributed by atoms with E-state index < -0.39 is 0 Å². The van der Waals surface area contributed by atoms with Crippen molar-refractivity contribution < 1.29 is 4.74 Å². The zero-order valence-corrected chi connectivity index (χ0v) is 11.2. The van der Waals surface area contributed by atoms with E-state index in [9.17, 15) is 0 Å². The first-order valence-electron chi connectivity index (χ1n) is 6.21. The molecule has 0 amide bonds. The van der Waals surface area contributed by atoms with Gasteiger partial charge in [0.1, 0.15) is 5.82 Å². The first-order valence-corrected chi connectivity index (χ1v) is 6.21. The number of hydrogen-bond acceptors (Lipinski definition) is 5. The summed E-state index contributed by atoms with van der Waals surface area (Å²) in [6, 6.07) is 3.92. The smallest absolute Gasteiger partial charge is 0.212 e. The van der Waals surface area contributed by atoms with Gasteiger partial charge in [-0.15, -0.1) is 0 Å². The molecule has 19 heavy (non-hydrogen) atoms. The molecular weight excluding hydrogens is 240 g/mol. The van der Waals surface area contributed by atoms with Crippen LogP contribution in [0.25, 0.3) is 0 Å². The Morgan fingerprint density at radius 1 is 1.11 bits per heavy atom. The number of pyridine rings is 1. The second-order valence-electron chi connectivity index (χ2n) is 4.57. The molecule has 2 rings (SSSR count). The number of ether oxygens (including phenoxy) is 1. The molecule has 2 N–H and O–H groups in total. The third-order valence-corrected chi connectivity index (χ3v) is 2.69. The van der Waals surface area contributed by atoms with Gasteiger partial charge in [0.25, 0.3) is 0 Å². The normalized spacial score (nSPS) is 12.2. The minimum atomic E-state index is 0.125. The lowest BCUT2D eigenvalue weighted by atomic mass is 10.1. The van der Waals surface area contributed by atoms with E-state index in [0.717, 1.165) is 23.4 Å². The third kappa shape index (κ3) is 3.99. The predicted octanol–water partition coefficient (Wildman–Crippen LogP) is 1.36. The molecule has 100 valence electrons. The van der Waals surface area contributed by atoms with Gasteiger partial charge in [0.05, 0.1) is 7.11 Å². The van der Waals surface area contributed by atoms with E-state index in [1.807, 2.05) is 31.5 Å². The fourth-order valence-corrected chi connectivity index (χ4v) is 1.77. The van der Waals surface area contributed by atoms with Crippen molar-refractivity contribution in [2.24, 2.45) is 5.73 Å². The summed E-state index contributed by atoms with van der Waals surface area (Å²) < 4.78 is 5.02. The van der Waals surface area contributed by atoms with Gasteiger partial charge in [-0.2, -0.15) is 0 Å². The Morgan fingerprint density at radius 2 is 1.79 bits per heavy atom. The van der Waals surface area contributed by atoms with Gasteiger partial charge in [0.2, 0.25) is 5.88 Å². The average molecular weight is 258 g/mol. The number of nitrogens with two attached hydrogens (primary N) is 1. The molecule has 5 heteroatoms. The van der Waals surface area contributed by atoms with E-state index in [1.165, 1.54) is 0 Å². The zero-order valence-electron chi connectivity index (χ0n) is 11.2. The lowest BCUT2D eigenvalue weighted by molar-refractivity contribution is 0.397. The van der Waals surface area contributed by atoms with Crippen LogP contribution in [0, 0.1) is 0 Å². The maximum absolute atomic E-state index is 5.74. The van der Waals surface area contributed by atoms with Crippen LogP contribution in [-0.2, 0) is 12.8 Å². The first kappa shape index (κ1) is 13.4. The molecule has 2 heterocycles. The van der Waals surface area contributed by atoms with Crippen molar-refractivity contribution in [1.82, 2.24) is 15.0 Å². The molecule has 0 bridgehead atoms.